The maximum atomic E-state index is 12.9. The molecule has 0 radical (unpaired) electrons. The Balaban J connectivity index is 1.66. The summed E-state index contributed by atoms with van der Waals surface area (Å²) >= 11 is 0. The fourth-order valence-electron chi connectivity index (χ4n) is 5.57. The second-order valence-electron chi connectivity index (χ2n) is 13.4. The van der Waals surface area contributed by atoms with Crippen molar-refractivity contribution < 1.29 is 19.1 Å². The number of hydrogen-bond donors (Lipinski definition) is 2. The number of fused-ring (bicyclic) bond motifs is 1. The smallest absolute Gasteiger partial charge is 0.323 e. The minimum atomic E-state index is -1.14. The molecule has 0 aliphatic heterocycles. The van der Waals surface area contributed by atoms with Gasteiger partial charge in [0.2, 0.25) is 5.95 Å². The fourth-order valence-corrected chi connectivity index (χ4v) is 5.57. The van der Waals surface area contributed by atoms with Gasteiger partial charge in [0.05, 0.1) is 19.1 Å². The van der Waals surface area contributed by atoms with E-state index in [4.69, 9.17) is 20.9 Å². The van der Waals surface area contributed by atoms with Crippen molar-refractivity contribution in [1.29, 1.82) is 0 Å². The quantitative estimate of drug-likeness (QED) is 0.0551. The van der Waals surface area contributed by atoms with Gasteiger partial charge in [-0.1, -0.05) is 117 Å². The van der Waals surface area contributed by atoms with Crippen LogP contribution in [0.5, 0.6) is 0 Å². The first-order valence-electron chi connectivity index (χ1n) is 18.4. The number of carbonyl (C=O) groups is 2. The van der Waals surface area contributed by atoms with E-state index in [0.717, 1.165) is 19.3 Å². The van der Waals surface area contributed by atoms with Crippen molar-refractivity contribution in [1.82, 2.24) is 19.5 Å². The summed E-state index contributed by atoms with van der Waals surface area (Å²) in [6, 6.07) is -0.796. The van der Waals surface area contributed by atoms with Crippen molar-refractivity contribution in [3.8, 4) is 0 Å². The van der Waals surface area contributed by atoms with Crippen molar-refractivity contribution in [2.45, 2.75) is 168 Å². The number of esters is 2. The van der Waals surface area contributed by atoms with Crippen LogP contribution < -0.4 is 11.5 Å². The van der Waals surface area contributed by atoms with Crippen LogP contribution in [0.4, 0.5) is 5.95 Å². The molecule has 0 bridgehead atoms. The number of allylic oxidation sites excluding steroid dienone is 2. The number of aromatic nitrogens is 4. The lowest BCUT2D eigenvalue weighted by Gasteiger charge is -2.33. The predicted molar refractivity (Wildman–Crippen MR) is 191 cm³/mol. The van der Waals surface area contributed by atoms with Crippen LogP contribution in [0.2, 0.25) is 0 Å². The highest BCUT2D eigenvalue weighted by molar-refractivity contribution is 5.76. The summed E-state index contributed by atoms with van der Waals surface area (Å²) in [6.07, 6.45) is 29.8. The number of nitrogen functional groups attached to an aromatic ring is 1. The third kappa shape index (κ3) is 16.1. The second kappa shape index (κ2) is 23.3. The lowest BCUT2D eigenvalue weighted by Crippen LogP contribution is -2.48. The van der Waals surface area contributed by atoms with E-state index in [1.165, 1.54) is 89.9 Å². The van der Waals surface area contributed by atoms with Crippen LogP contribution >= 0.6 is 0 Å². The predicted octanol–water partition coefficient (Wildman–Crippen LogP) is 8.22. The van der Waals surface area contributed by atoms with Gasteiger partial charge in [-0.2, -0.15) is 4.98 Å². The SMILES string of the molecule is CCCCCCCC/C=C/CCCCCCCCCCCC(=O)OC[C@@](CC)(Cn1cnc2cnc(N)nc21)OC(=O)[C@@H](N)C(C)C. The number of ether oxygens (including phenoxy) is 2. The van der Waals surface area contributed by atoms with E-state index in [1.807, 2.05) is 20.8 Å². The van der Waals surface area contributed by atoms with Gasteiger partial charge in [-0.05, 0) is 44.4 Å². The lowest BCUT2D eigenvalue weighted by atomic mass is 10.00. The third-order valence-corrected chi connectivity index (χ3v) is 8.93. The Morgan fingerprint density at radius 1 is 0.872 bits per heavy atom. The van der Waals surface area contributed by atoms with Crippen LogP contribution in [0.3, 0.4) is 0 Å². The Hall–Kier alpha value is -3.01. The second-order valence-corrected chi connectivity index (χ2v) is 13.4. The molecule has 0 saturated heterocycles. The first-order chi connectivity index (χ1) is 22.7. The van der Waals surface area contributed by atoms with Crippen LogP contribution in [-0.4, -0.2) is 49.7 Å². The van der Waals surface area contributed by atoms with Crippen LogP contribution in [0.25, 0.3) is 11.2 Å². The van der Waals surface area contributed by atoms with Crippen molar-refractivity contribution in [3.05, 3.63) is 24.7 Å². The molecule has 0 aliphatic carbocycles. The summed E-state index contributed by atoms with van der Waals surface area (Å²) in [5.74, 6) is -0.820. The fraction of sp³-hybridized carbons (Fsp3) is 0.757. The Bertz CT molecular complexity index is 1180. The first-order valence-corrected chi connectivity index (χ1v) is 18.4. The number of unbranched alkanes of at least 4 members (excludes halogenated alkanes) is 15. The molecule has 10 nitrogen and oxygen atoms in total. The van der Waals surface area contributed by atoms with Crippen LogP contribution in [-0.2, 0) is 25.6 Å². The largest absolute Gasteiger partial charge is 0.461 e. The molecule has 0 unspecified atom stereocenters. The number of rotatable bonds is 27. The normalized spacial score (nSPS) is 13.7. The standard InChI is InChI=1S/C37H64N6O4/c1-5-7-8-9-10-11-12-13-14-15-16-17-18-19-20-21-22-23-24-25-32(44)46-28-37(6-2,47-35(45)33(38)30(3)4)27-43-29-41-31-26-40-36(39)42-34(31)43/h13-14,26,29-30,33H,5-12,15-25,27-28,38H2,1-4H3,(H2,39,40,42)/b14-13+/t33-,37+/m0/s1. The van der Waals surface area contributed by atoms with Gasteiger partial charge < -0.3 is 25.5 Å². The maximum absolute atomic E-state index is 12.9. The van der Waals surface area contributed by atoms with E-state index >= 15 is 0 Å². The highest BCUT2D eigenvalue weighted by Gasteiger charge is 2.37. The number of anilines is 1. The van der Waals surface area contributed by atoms with E-state index in [9.17, 15) is 9.59 Å². The Labute approximate surface area is 283 Å². The van der Waals surface area contributed by atoms with E-state index in [0.29, 0.717) is 24.0 Å². The van der Waals surface area contributed by atoms with Gasteiger partial charge in [-0.15, -0.1) is 0 Å². The molecule has 0 aliphatic rings. The number of imidazole rings is 1. The van der Waals surface area contributed by atoms with Crippen molar-refractivity contribution in [2.24, 2.45) is 11.7 Å². The summed E-state index contributed by atoms with van der Waals surface area (Å²) in [7, 11) is 0. The summed E-state index contributed by atoms with van der Waals surface area (Å²) in [5.41, 5.74) is 11.8. The molecule has 47 heavy (non-hydrogen) atoms. The van der Waals surface area contributed by atoms with Crippen molar-refractivity contribution in [3.63, 3.8) is 0 Å². The number of nitrogens with zero attached hydrogens (tertiary/aromatic N) is 4. The Morgan fingerprint density at radius 3 is 2.02 bits per heavy atom. The van der Waals surface area contributed by atoms with Gasteiger partial charge in [-0.25, -0.2) is 9.97 Å². The molecule has 2 aromatic heterocycles. The average molecular weight is 657 g/mol. The zero-order chi connectivity index (χ0) is 34.3. The Morgan fingerprint density at radius 2 is 1.45 bits per heavy atom. The van der Waals surface area contributed by atoms with Gasteiger partial charge in [-0.3, -0.25) is 9.59 Å². The van der Waals surface area contributed by atoms with Crippen LogP contribution in [0, 0.1) is 5.92 Å². The molecule has 0 spiro atoms. The molecule has 2 atom stereocenters. The van der Waals surface area contributed by atoms with Crippen LogP contribution in [0.15, 0.2) is 24.7 Å². The molecular formula is C37H64N6O4. The highest BCUT2D eigenvalue weighted by atomic mass is 16.6. The molecule has 2 rings (SSSR count). The minimum absolute atomic E-state index is 0.0892. The van der Waals surface area contributed by atoms with Gasteiger partial charge in [0.25, 0.3) is 0 Å². The monoisotopic (exact) mass is 656 g/mol. The molecule has 0 amide bonds. The summed E-state index contributed by atoms with van der Waals surface area (Å²) in [5, 5.41) is 0. The molecule has 0 fully saturated rings. The zero-order valence-electron chi connectivity index (χ0n) is 29.9. The molecule has 2 heterocycles. The van der Waals surface area contributed by atoms with Crippen molar-refractivity contribution >= 4 is 29.1 Å². The van der Waals surface area contributed by atoms with E-state index in [-0.39, 0.29) is 31.0 Å². The van der Waals surface area contributed by atoms with Gasteiger partial charge in [0.15, 0.2) is 11.2 Å². The van der Waals surface area contributed by atoms with E-state index in [1.54, 1.807) is 17.1 Å². The number of nitrogens with two attached hydrogens (primary N) is 2. The highest BCUT2D eigenvalue weighted by Crippen LogP contribution is 2.24. The Kier molecular flexibility index (Phi) is 19.9. The van der Waals surface area contributed by atoms with Gasteiger partial charge >= 0.3 is 11.9 Å². The number of hydrogen-bond acceptors (Lipinski definition) is 9. The molecule has 10 heteroatoms. The third-order valence-electron chi connectivity index (χ3n) is 8.93. The maximum Gasteiger partial charge on any atom is 0.323 e. The zero-order valence-corrected chi connectivity index (χ0v) is 29.9. The molecule has 0 aromatic carbocycles. The van der Waals surface area contributed by atoms with Crippen molar-refractivity contribution in [2.75, 3.05) is 12.3 Å². The van der Waals surface area contributed by atoms with Gasteiger partial charge in [0.1, 0.15) is 18.2 Å². The van der Waals surface area contributed by atoms with Gasteiger partial charge in [0, 0.05) is 6.42 Å². The summed E-state index contributed by atoms with van der Waals surface area (Å²) in [4.78, 5) is 38.3. The summed E-state index contributed by atoms with van der Waals surface area (Å²) < 4.78 is 13.4. The minimum Gasteiger partial charge on any atom is -0.461 e. The topological polar surface area (TPSA) is 148 Å². The molecule has 2 aromatic rings. The molecular weight excluding hydrogens is 592 g/mol. The number of carbonyl (C=O) groups excluding carboxylic acids is 2. The van der Waals surface area contributed by atoms with E-state index < -0.39 is 17.6 Å². The first kappa shape index (κ1) is 40.2. The molecule has 266 valence electrons. The molecule has 4 N–H and O–H groups in total. The average Bonchev–Trinajstić information content (AvgIpc) is 3.45. The molecule has 0 saturated carbocycles. The van der Waals surface area contributed by atoms with E-state index in [2.05, 4.69) is 34.0 Å². The lowest BCUT2D eigenvalue weighted by molar-refractivity contribution is -0.177. The van der Waals surface area contributed by atoms with Crippen LogP contribution in [0.1, 0.15) is 150 Å². The summed E-state index contributed by atoms with van der Waals surface area (Å²) in [6.45, 7) is 7.97.